The Morgan fingerprint density at radius 1 is 1.35 bits per heavy atom. The van der Waals surface area contributed by atoms with E-state index in [2.05, 4.69) is 0 Å². The summed E-state index contributed by atoms with van der Waals surface area (Å²) in [6.45, 7) is 4.04. The minimum atomic E-state index is -1.80. The molecule has 1 atom stereocenters. The van der Waals surface area contributed by atoms with E-state index in [1.807, 2.05) is 0 Å². The molecule has 0 saturated heterocycles. The fourth-order valence-corrected chi connectivity index (χ4v) is 2.25. The van der Waals surface area contributed by atoms with Crippen molar-refractivity contribution in [1.29, 1.82) is 0 Å². The molecule has 0 aliphatic carbocycles. The molecule has 0 bridgehead atoms. The molecule has 1 aromatic carbocycles. The van der Waals surface area contributed by atoms with Gasteiger partial charge in [0.15, 0.2) is 11.6 Å². The molecule has 4 N–H and O–H groups in total. The average molecular weight is 289 g/mol. The molecule has 0 saturated carbocycles. The number of halogens is 2. The van der Waals surface area contributed by atoms with Gasteiger partial charge < -0.3 is 20.7 Å². The lowest BCUT2D eigenvalue weighted by Gasteiger charge is -2.27. The van der Waals surface area contributed by atoms with Gasteiger partial charge in [0.1, 0.15) is 6.04 Å². The van der Waals surface area contributed by atoms with Crippen LogP contribution in [0.1, 0.15) is 36.6 Å². The molecule has 7 heteroatoms. The second-order valence-corrected chi connectivity index (χ2v) is 4.95. The summed E-state index contributed by atoms with van der Waals surface area (Å²) >= 11 is 0. The summed E-state index contributed by atoms with van der Waals surface area (Å²) in [5, 5.41) is 19.1. The van der Waals surface area contributed by atoms with Crippen molar-refractivity contribution < 1.29 is 28.5 Å². The Labute approximate surface area is 115 Å². The van der Waals surface area contributed by atoms with Gasteiger partial charge in [-0.25, -0.2) is 4.39 Å². The molecule has 0 amide bonds. The molecular weight excluding hydrogens is 272 g/mol. The highest BCUT2D eigenvalue weighted by atomic mass is 19.2. The van der Waals surface area contributed by atoms with Crippen LogP contribution in [0.2, 0.25) is 0 Å². The molecule has 1 rings (SSSR count). The van der Waals surface area contributed by atoms with Gasteiger partial charge in [-0.15, -0.1) is 0 Å². The van der Waals surface area contributed by atoms with Gasteiger partial charge in [0.05, 0.1) is 12.7 Å². The normalized spacial score (nSPS) is 13.2. The zero-order valence-corrected chi connectivity index (χ0v) is 11.6. The van der Waals surface area contributed by atoms with Crippen molar-refractivity contribution in [2.24, 2.45) is 5.73 Å². The van der Waals surface area contributed by atoms with Gasteiger partial charge in [-0.3, -0.25) is 4.79 Å². The van der Waals surface area contributed by atoms with Gasteiger partial charge >= 0.3 is 5.97 Å². The minimum absolute atomic E-state index is 0.0943. The predicted molar refractivity (Wildman–Crippen MR) is 67.5 cm³/mol. The van der Waals surface area contributed by atoms with E-state index in [4.69, 9.17) is 15.6 Å². The highest BCUT2D eigenvalue weighted by molar-refractivity contribution is 5.76. The Hall–Kier alpha value is -1.73. The van der Waals surface area contributed by atoms with Gasteiger partial charge in [-0.05, 0) is 26.3 Å². The fraction of sp³-hybridized carbons (Fsp3) is 0.462. The quantitative estimate of drug-likeness (QED) is 0.782. The van der Waals surface area contributed by atoms with Crippen LogP contribution in [0.3, 0.4) is 0 Å². The Kier molecular flexibility index (Phi) is 4.36. The maximum Gasteiger partial charge on any atom is 0.325 e. The van der Waals surface area contributed by atoms with E-state index in [-0.39, 0.29) is 16.9 Å². The summed E-state index contributed by atoms with van der Waals surface area (Å²) in [4.78, 5) is 11.0. The fourth-order valence-electron chi connectivity index (χ4n) is 2.25. The van der Waals surface area contributed by atoms with Gasteiger partial charge in [0.2, 0.25) is 5.82 Å². The average Bonchev–Trinajstić information content (AvgIpc) is 2.31. The molecule has 5 nitrogen and oxygen atoms in total. The van der Waals surface area contributed by atoms with Crippen LogP contribution in [0, 0.1) is 18.6 Å². The maximum atomic E-state index is 14.1. The molecule has 1 unspecified atom stereocenters. The standard InChI is InChI=1S/C13H17F2NO4/c1-5-7(13(2,3)19)6(10(16)12(17)18)8(14)9(15)11(5)20-4/h10,19H,16H2,1-4H3,(H,17,18). The number of hydrogen-bond donors (Lipinski definition) is 3. The van der Waals surface area contributed by atoms with Gasteiger partial charge in [0, 0.05) is 11.1 Å². The van der Waals surface area contributed by atoms with Crippen LogP contribution >= 0.6 is 0 Å². The zero-order valence-electron chi connectivity index (χ0n) is 11.6. The monoisotopic (exact) mass is 289 g/mol. The smallest absolute Gasteiger partial charge is 0.325 e. The van der Waals surface area contributed by atoms with E-state index in [0.717, 1.165) is 7.11 Å². The third-order valence-corrected chi connectivity index (χ3v) is 3.01. The molecule has 0 radical (unpaired) electrons. The van der Waals surface area contributed by atoms with Crippen LogP contribution in [-0.4, -0.2) is 23.3 Å². The number of aliphatic hydroxyl groups is 1. The molecule has 0 aromatic heterocycles. The van der Waals surface area contributed by atoms with Crippen molar-refractivity contribution in [1.82, 2.24) is 0 Å². The van der Waals surface area contributed by atoms with Crippen molar-refractivity contribution in [3.05, 3.63) is 28.3 Å². The van der Waals surface area contributed by atoms with Crippen LogP contribution in [-0.2, 0) is 10.4 Å². The van der Waals surface area contributed by atoms with E-state index in [1.54, 1.807) is 0 Å². The Bertz CT molecular complexity index is 553. The molecule has 0 aliphatic rings. The van der Waals surface area contributed by atoms with Crippen molar-refractivity contribution in [3.8, 4) is 5.75 Å². The molecule has 112 valence electrons. The van der Waals surface area contributed by atoms with Crippen LogP contribution in [0.15, 0.2) is 0 Å². The Balaban J connectivity index is 3.86. The molecule has 0 aliphatic heterocycles. The number of rotatable bonds is 4. The number of aliphatic carboxylic acids is 1. The lowest BCUT2D eigenvalue weighted by molar-refractivity contribution is -0.138. The van der Waals surface area contributed by atoms with Crippen molar-refractivity contribution in [2.45, 2.75) is 32.4 Å². The second kappa shape index (κ2) is 5.34. The number of carboxylic acids is 1. The van der Waals surface area contributed by atoms with Gasteiger partial charge in [0.25, 0.3) is 0 Å². The van der Waals surface area contributed by atoms with Gasteiger partial charge in [-0.1, -0.05) is 0 Å². The first kappa shape index (κ1) is 16.3. The number of ether oxygens (including phenoxy) is 1. The van der Waals surface area contributed by atoms with Crippen LogP contribution in [0.5, 0.6) is 5.75 Å². The summed E-state index contributed by atoms with van der Waals surface area (Å²) in [5.74, 6) is -4.68. The lowest BCUT2D eigenvalue weighted by atomic mass is 9.85. The van der Waals surface area contributed by atoms with Gasteiger partial charge in [-0.2, -0.15) is 4.39 Å². The van der Waals surface area contributed by atoms with E-state index >= 15 is 0 Å². The first-order valence-electron chi connectivity index (χ1n) is 5.80. The number of benzene rings is 1. The van der Waals surface area contributed by atoms with E-state index in [1.165, 1.54) is 20.8 Å². The second-order valence-electron chi connectivity index (χ2n) is 4.95. The third-order valence-electron chi connectivity index (χ3n) is 3.01. The summed E-state index contributed by atoms with van der Waals surface area (Å²) in [6.07, 6.45) is 0. The third kappa shape index (κ3) is 2.59. The Morgan fingerprint density at radius 3 is 2.20 bits per heavy atom. The highest BCUT2D eigenvalue weighted by Crippen LogP contribution is 2.39. The summed E-state index contributed by atoms with van der Waals surface area (Å²) in [7, 11) is 1.15. The first-order chi connectivity index (χ1) is 9.03. The number of carboxylic acid groups (broad SMARTS) is 1. The number of nitrogens with two attached hydrogens (primary N) is 1. The molecule has 20 heavy (non-hydrogen) atoms. The SMILES string of the molecule is COc1c(C)c(C(C)(C)O)c(C(N)C(=O)O)c(F)c1F. The first-order valence-corrected chi connectivity index (χ1v) is 5.80. The summed E-state index contributed by atoms with van der Waals surface area (Å²) < 4.78 is 32.8. The number of hydrogen-bond acceptors (Lipinski definition) is 4. The van der Waals surface area contributed by atoms with Crippen LogP contribution in [0.25, 0.3) is 0 Å². The Morgan fingerprint density at radius 2 is 1.85 bits per heavy atom. The summed E-state index contributed by atoms with van der Waals surface area (Å²) in [6, 6.07) is -1.80. The highest BCUT2D eigenvalue weighted by Gasteiger charge is 2.35. The number of methoxy groups -OCH3 is 1. The van der Waals surface area contributed by atoms with E-state index in [0.29, 0.717) is 0 Å². The van der Waals surface area contributed by atoms with Crippen molar-refractivity contribution >= 4 is 5.97 Å². The topological polar surface area (TPSA) is 92.8 Å². The molecule has 1 aromatic rings. The number of carbonyl (C=O) groups is 1. The summed E-state index contributed by atoms with van der Waals surface area (Å²) in [5.41, 5.74) is 3.22. The maximum absolute atomic E-state index is 14.1. The largest absolute Gasteiger partial charge is 0.493 e. The van der Waals surface area contributed by atoms with E-state index < -0.39 is 34.8 Å². The van der Waals surface area contributed by atoms with Crippen molar-refractivity contribution in [3.63, 3.8) is 0 Å². The molecular formula is C13H17F2NO4. The predicted octanol–water partition coefficient (Wildman–Crippen LogP) is 1.59. The molecule has 0 fully saturated rings. The minimum Gasteiger partial charge on any atom is -0.493 e. The van der Waals surface area contributed by atoms with Crippen LogP contribution in [0.4, 0.5) is 8.78 Å². The zero-order chi connectivity index (χ0) is 15.8. The molecule has 0 spiro atoms. The van der Waals surface area contributed by atoms with E-state index in [9.17, 15) is 18.7 Å². The lowest BCUT2D eigenvalue weighted by Crippen LogP contribution is -2.30. The van der Waals surface area contributed by atoms with Crippen molar-refractivity contribution in [2.75, 3.05) is 7.11 Å². The van der Waals surface area contributed by atoms with Crippen LogP contribution < -0.4 is 10.5 Å². The molecule has 0 heterocycles.